The molecule has 0 spiro atoms. The molecule has 0 aliphatic carbocycles. The van der Waals surface area contributed by atoms with Crippen molar-refractivity contribution in [2.45, 2.75) is 10.9 Å². The Kier molecular flexibility index (Phi) is 6.22. The van der Waals surface area contributed by atoms with E-state index in [1.807, 2.05) is 48.9 Å². The number of hydrogen-bond acceptors (Lipinski definition) is 4. The normalized spacial score (nSPS) is 13.2. The third-order valence-electron chi connectivity index (χ3n) is 4.30. The molecule has 1 aromatic carbocycles. The summed E-state index contributed by atoms with van der Waals surface area (Å²) in [7, 11) is 5.34. The Labute approximate surface area is 155 Å². The van der Waals surface area contributed by atoms with Gasteiger partial charge in [-0.25, -0.2) is 12.7 Å². The maximum Gasteiger partial charge on any atom is 0.251 e. The third kappa shape index (κ3) is 4.32. The van der Waals surface area contributed by atoms with E-state index in [0.717, 1.165) is 10.00 Å². The number of carbonyl (C=O) groups is 1. The van der Waals surface area contributed by atoms with Gasteiger partial charge >= 0.3 is 0 Å². The summed E-state index contributed by atoms with van der Waals surface area (Å²) in [6.07, 6.45) is 1.97. The highest BCUT2D eigenvalue weighted by Gasteiger charge is 2.20. The number of sulfonamides is 1. The molecule has 0 fully saturated rings. The van der Waals surface area contributed by atoms with Gasteiger partial charge in [0.25, 0.3) is 5.91 Å². The van der Waals surface area contributed by atoms with E-state index in [9.17, 15) is 13.2 Å². The number of likely N-dealkylation sites (N-methyl/N-ethyl adjacent to an activating group) is 1. The SMILES string of the molecule is CN(C)C(CNC(=O)c1ccc(S(=O)(=O)N(C)C)cc1)c1cccn1C. The van der Waals surface area contributed by atoms with Crippen molar-refractivity contribution in [2.75, 3.05) is 34.7 Å². The minimum Gasteiger partial charge on any atom is -0.353 e. The summed E-state index contributed by atoms with van der Waals surface area (Å²) < 4.78 is 27.3. The standard InChI is InChI=1S/C18H26N4O3S/c1-20(2)17(16-7-6-12-22(16)5)13-19-18(23)14-8-10-15(11-9-14)26(24,25)21(3)4/h6-12,17H,13H2,1-5H3,(H,19,23). The minimum atomic E-state index is -3.50. The molecule has 26 heavy (non-hydrogen) atoms. The van der Waals surface area contributed by atoms with E-state index in [1.165, 1.54) is 38.4 Å². The van der Waals surface area contributed by atoms with Crippen LogP contribution in [0, 0.1) is 0 Å². The van der Waals surface area contributed by atoms with Gasteiger partial charge in [0.2, 0.25) is 10.0 Å². The lowest BCUT2D eigenvalue weighted by molar-refractivity contribution is 0.0941. The van der Waals surface area contributed by atoms with Gasteiger partial charge in [-0.3, -0.25) is 9.69 Å². The summed E-state index contributed by atoms with van der Waals surface area (Å²) >= 11 is 0. The van der Waals surface area contributed by atoms with E-state index in [0.29, 0.717) is 12.1 Å². The molecule has 1 atom stereocenters. The van der Waals surface area contributed by atoms with Crippen molar-refractivity contribution in [1.82, 2.24) is 19.1 Å². The largest absolute Gasteiger partial charge is 0.353 e. The number of aryl methyl sites for hydroxylation is 1. The van der Waals surface area contributed by atoms with Gasteiger partial charge in [-0.2, -0.15) is 0 Å². The van der Waals surface area contributed by atoms with Crippen LogP contribution in [0.4, 0.5) is 0 Å². The predicted octanol–water partition coefficient (Wildman–Crippen LogP) is 1.31. The molecule has 8 heteroatoms. The van der Waals surface area contributed by atoms with E-state index in [-0.39, 0.29) is 16.8 Å². The fraction of sp³-hybridized carbons (Fsp3) is 0.389. The number of carbonyl (C=O) groups excluding carboxylic acids is 1. The number of hydrogen-bond donors (Lipinski definition) is 1. The summed E-state index contributed by atoms with van der Waals surface area (Å²) in [4.78, 5) is 14.6. The zero-order valence-electron chi connectivity index (χ0n) is 15.8. The topological polar surface area (TPSA) is 74.7 Å². The minimum absolute atomic E-state index is 0.0346. The second-order valence-corrected chi connectivity index (χ2v) is 8.70. The Balaban J connectivity index is 2.09. The van der Waals surface area contributed by atoms with Crippen LogP contribution < -0.4 is 5.32 Å². The van der Waals surface area contributed by atoms with Crippen molar-refractivity contribution in [2.24, 2.45) is 7.05 Å². The summed E-state index contributed by atoms with van der Waals surface area (Å²) in [5, 5.41) is 2.92. The van der Waals surface area contributed by atoms with Gasteiger partial charge in [-0.15, -0.1) is 0 Å². The average Bonchev–Trinajstić information content (AvgIpc) is 3.00. The molecule has 142 valence electrons. The van der Waals surface area contributed by atoms with E-state index < -0.39 is 10.0 Å². The first-order valence-electron chi connectivity index (χ1n) is 8.23. The predicted molar refractivity (Wildman–Crippen MR) is 101 cm³/mol. The zero-order valence-corrected chi connectivity index (χ0v) is 16.6. The van der Waals surface area contributed by atoms with Crippen LogP contribution in [0.1, 0.15) is 22.1 Å². The van der Waals surface area contributed by atoms with Crippen LogP contribution in [0.2, 0.25) is 0 Å². The van der Waals surface area contributed by atoms with Crippen molar-refractivity contribution < 1.29 is 13.2 Å². The number of nitrogens with zero attached hydrogens (tertiary/aromatic N) is 3. The quantitative estimate of drug-likeness (QED) is 0.788. The maximum absolute atomic E-state index is 12.4. The summed E-state index contributed by atoms with van der Waals surface area (Å²) in [5.74, 6) is -0.236. The van der Waals surface area contributed by atoms with Crippen LogP contribution in [-0.2, 0) is 17.1 Å². The Hall–Kier alpha value is -2.16. The number of nitrogens with one attached hydrogen (secondary N) is 1. The summed E-state index contributed by atoms with van der Waals surface area (Å²) in [5.41, 5.74) is 1.52. The molecule has 0 radical (unpaired) electrons. The maximum atomic E-state index is 12.4. The molecule has 0 aliphatic rings. The second-order valence-electron chi connectivity index (χ2n) is 6.55. The average molecular weight is 378 g/mol. The van der Waals surface area contributed by atoms with Gasteiger partial charge in [-0.1, -0.05) is 0 Å². The third-order valence-corrected chi connectivity index (χ3v) is 6.13. The van der Waals surface area contributed by atoms with Gasteiger partial charge in [-0.05, 0) is 50.5 Å². The fourth-order valence-corrected chi connectivity index (χ4v) is 3.55. The van der Waals surface area contributed by atoms with Crippen LogP contribution in [0.5, 0.6) is 0 Å². The van der Waals surface area contributed by atoms with Crippen molar-refractivity contribution >= 4 is 15.9 Å². The first-order valence-corrected chi connectivity index (χ1v) is 9.67. The lowest BCUT2D eigenvalue weighted by Crippen LogP contribution is -2.35. The molecule has 1 aromatic heterocycles. The number of benzene rings is 1. The molecule has 7 nitrogen and oxygen atoms in total. The van der Waals surface area contributed by atoms with E-state index in [2.05, 4.69) is 5.32 Å². The van der Waals surface area contributed by atoms with Crippen molar-refractivity contribution in [3.63, 3.8) is 0 Å². The Bertz CT molecular complexity index is 855. The van der Waals surface area contributed by atoms with Crippen molar-refractivity contribution in [3.8, 4) is 0 Å². The lowest BCUT2D eigenvalue weighted by atomic mass is 10.1. The molecule has 2 rings (SSSR count). The molecule has 0 saturated heterocycles. The van der Waals surface area contributed by atoms with E-state index in [1.54, 1.807) is 0 Å². The number of amides is 1. The highest BCUT2D eigenvalue weighted by atomic mass is 32.2. The molecule has 1 unspecified atom stereocenters. The van der Waals surface area contributed by atoms with E-state index in [4.69, 9.17) is 0 Å². The Morgan fingerprint density at radius 2 is 1.73 bits per heavy atom. The van der Waals surface area contributed by atoms with Gasteiger partial charge < -0.3 is 9.88 Å². The van der Waals surface area contributed by atoms with Crippen molar-refractivity contribution in [3.05, 3.63) is 53.9 Å². The molecular formula is C18H26N4O3S. The van der Waals surface area contributed by atoms with E-state index >= 15 is 0 Å². The van der Waals surface area contributed by atoms with Crippen LogP contribution in [0.3, 0.4) is 0 Å². The summed E-state index contributed by atoms with van der Waals surface area (Å²) in [6.45, 7) is 0.446. The highest BCUT2D eigenvalue weighted by molar-refractivity contribution is 7.89. The van der Waals surface area contributed by atoms with Gasteiger partial charge in [0.1, 0.15) is 0 Å². The molecule has 1 amide bonds. The number of aromatic nitrogens is 1. The first kappa shape index (κ1) is 20.2. The second kappa shape index (κ2) is 8.03. The van der Waals surface area contributed by atoms with Crippen LogP contribution in [0.15, 0.2) is 47.5 Å². The molecule has 1 heterocycles. The Morgan fingerprint density at radius 3 is 2.19 bits per heavy atom. The lowest BCUT2D eigenvalue weighted by Gasteiger charge is -2.25. The molecule has 0 saturated carbocycles. The number of rotatable bonds is 7. The molecule has 0 aliphatic heterocycles. The van der Waals surface area contributed by atoms with Gasteiger partial charge in [0, 0.05) is 45.1 Å². The monoisotopic (exact) mass is 378 g/mol. The molecule has 0 bridgehead atoms. The van der Waals surface area contributed by atoms with Crippen molar-refractivity contribution in [1.29, 1.82) is 0 Å². The van der Waals surface area contributed by atoms with Gasteiger partial charge in [0.05, 0.1) is 10.9 Å². The van der Waals surface area contributed by atoms with Crippen LogP contribution in [0.25, 0.3) is 0 Å². The smallest absolute Gasteiger partial charge is 0.251 e. The molecule has 1 N–H and O–H groups in total. The highest BCUT2D eigenvalue weighted by Crippen LogP contribution is 2.18. The molecular weight excluding hydrogens is 352 g/mol. The first-order chi connectivity index (χ1) is 12.1. The summed E-state index contributed by atoms with van der Waals surface area (Å²) in [6, 6.07) is 9.98. The molecule has 2 aromatic rings. The van der Waals surface area contributed by atoms with Gasteiger partial charge in [0.15, 0.2) is 0 Å². The fourth-order valence-electron chi connectivity index (χ4n) is 2.65. The van der Waals surface area contributed by atoms with Crippen LogP contribution >= 0.6 is 0 Å². The van der Waals surface area contributed by atoms with Crippen LogP contribution in [-0.4, -0.2) is 62.8 Å². The Morgan fingerprint density at radius 1 is 1.12 bits per heavy atom. The zero-order chi connectivity index (χ0) is 19.5.